The number of rotatable bonds is 30. The Balaban J connectivity index is 1.94. The molecule has 2 heterocycles. The van der Waals surface area contributed by atoms with Gasteiger partial charge in [-0.1, -0.05) is 102 Å². The summed E-state index contributed by atoms with van der Waals surface area (Å²) >= 11 is 0. The first-order chi connectivity index (χ1) is 27.1. The predicted molar refractivity (Wildman–Crippen MR) is 212 cm³/mol. The van der Waals surface area contributed by atoms with Crippen LogP contribution in [0.3, 0.4) is 0 Å². The lowest BCUT2D eigenvalue weighted by molar-refractivity contribution is -0.359. The Bertz CT molecular complexity index is 1090. The van der Waals surface area contributed by atoms with Gasteiger partial charge in [0.2, 0.25) is 5.91 Å². The van der Waals surface area contributed by atoms with E-state index in [1.807, 2.05) is 6.08 Å². The van der Waals surface area contributed by atoms with Crippen LogP contribution in [0, 0.1) is 0 Å². The maximum atomic E-state index is 13.0. The number of amides is 1. The number of ether oxygens (including phenoxy) is 4. The van der Waals surface area contributed by atoms with Crippen LogP contribution in [0.5, 0.6) is 0 Å². The molecule has 14 heteroatoms. The van der Waals surface area contributed by atoms with E-state index in [2.05, 4.69) is 43.5 Å². The average molecular weight is 802 g/mol. The summed E-state index contributed by atoms with van der Waals surface area (Å²) in [6, 6.07) is -0.930. The third-order valence-electron chi connectivity index (χ3n) is 10.3. The van der Waals surface area contributed by atoms with Gasteiger partial charge in [-0.05, 0) is 57.8 Å². The van der Waals surface area contributed by atoms with Gasteiger partial charge in [0.25, 0.3) is 0 Å². The molecule has 2 aliphatic rings. The summed E-state index contributed by atoms with van der Waals surface area (Å²) in [6.07, 6.45) is 13.6. The van der Waals surface area contributed by atoms with Gasteiger partial charge < -0.3 is 65.1 Å². The molecule has 12 atom stereocenters. The first-order valence-electron chi connectivity index (χ1n) is 21.2. The molecule has 0 spiro atoms. The van der Waals surface area contributed by atoms with Gasteiger partial charge in [-0.25, -0.2) is 0 Å². The van der Waals surface area contributed by atoms with Crippen molar-refractivity contribution >= 4 is 5.91 Å². The van der Waals surface area contributed by atoms with Crippen molar-refractivity contribution in [3.05, 3.63) is 36.5 Å². The highest BCUT2D eigenvalue weighted by Crippen LogP contribution is 2.29. The molecule has 0 aromatic heterocycles. The van der Waals surface area contributed by atoms with E-state index >= 15 is 0 Å². The van der Waals surface area contributed by atoms with Gasteiger partial charge in [0, 0.05) is 6.42 Å². The molecule has 326 valence electrons. The van der Waals surface area contributed by atoms with E-state index in [0.717, 1.165) is 57.8 Å². The fourth-order valence-electron chi connectivity index (χ4n) is 6.71. The van der Waals surface area contributed by atoms with E-state index in [9.17, 15) is 45.6 Å². The fourth-order valence-corrected chi connectivity index (χ4v) is 6.71. The summed E-state index contributed by atoms with van der Waals surface area (Å²) in [6.45, 7) is 2.64. The molecule has 0 aromatic carbocycles. The Kier molecular flexibility index (Phi) is 27.2. The maximum Gasteiger partial charge on any atom is 0.220 e. The summed E-state index contributed by atoms with van der Waals surface area (Å²) in [4.78, 5) is 13.0. The number of unbranched alkanes of at least 4 members (excludes halogenated alkanes) is 13. The van der Waals surface area contributed by atoms with E-state index in [1.165, 1.54) is 38.5 Å². The van der Waals surface area contributed by atoms with Crippen LogP contribution in [-0.2, 0) is 23.7 Å². The minimum absolute atomic E-state index is 0.262. The molecule has 0 saturated carbocycles. The molecular formula is C42H75NO13. The summed E-state index contributed by atoms with van der Waals surface area (Å²) in [7, 11) is 0. The zero-order valence-corrected chi connectivity index (χ0v) is 33.9. The highest BCUT2D eigenvalue weighted by Gasteiger charge is 2.50. The smallest absolute Gasteiger partial charge is 0.220 e. The third kappa shape index (κ3) is 18.9. The Morgan fingerprint density at radius 2 is 1.14 bits per heavy atom. The lowest BCUT2D eigenvalue weighted by Crippen LogP contribution is -2.65. The van der Waals surface area contributed by atoms with Crippen LogP contribution in [0.4, 0.5) is 0 Å². The Hall–Kier alpha value is -1.79. The van der Waals surface area contributed by atoms with E-state index in [4.69, 9.17) is 18.9 Å². The molecule has 14 nitrogen and oxygen atoms in total. The Morgan fingerprint density at radius 1 is 0.625 bits per heavy atom. The van der Waals surface area contributed by atoms with Gasteiger partial charge in [-0.15, -0.1) is 0 Å². The minimum Gasteiger partial charge on any atom is -0.394 e. The van der Waals surface area contributed by atoms with Crippen molar-refractivity contribution in [1.29, 1.82) is 0 Å². The van der Waals surface area contributed by atoms with Crippen molar-refractivity contribution in [2.45, 2.75) is 203 Å². The summed E-state index contributed by atoms with van der Waals surface area (Å²) in [5.74, 6) is -0.265. The molecule has 2 saturated heterocycles. The monoisotopic (exact) mass is 802 g/mol. The van der Waals surface area contributed by atoms with Crippen LogP contribution in [-0.4, -0.2) is 140 Å². The number of nitrogens with one attached hydrogen (secondary N) is 1. The molecule has 0 aliphatic carbocycles. The van der Waals surface area contributed by atoms with Crippen LogP contribution >= 0.6 is 0 Å². The molecule has 9 N–H and O–H groups in total. The van der Waals surface area contributed by atoms with Crippen molar-refractivity contribution in [1.82, 2.24) is 5.32 Å². The lowest BCUT2D eigenvalue weighted by Gasteiger charge is -2.46. The van der Waals surface area contributed by atoms with Crippen LogP contribution < -0.4 is 5.32 Å². The van der Waals surface area contributed by atoms with Crippen molar-refractivity contribution in [2.24, 2.45) is 0 Å². The van der Waals surface area contributed by atoms with Crippen molar-refractivity contribution in [3.8, 4) is 0 Å². The van der Waals surface area contributed by atoms with Crippen molar-refractivity contribution < 1.29 is 64.6 Å². The zero-order chi connectivity index (χ0) is 41.1. The number of aliphatic hydroxyl groups excluding tert-OH is 8. The second-order valence-corrected chi connectivity index (χ2v) is 15.1. The highest BCUT2D eigenvalue weighted by atomic mass is 16.7. The first kappa shape index (κ1) is 50.4. The van der Waals surface area contributed by atoms with Crippen LogP contribution in [0.1, 0.15) is 129 Å². The zero-order valence-electron chi connectivity index (χ0n) is 33.9. The van der Waals surface area contributed by atoms with Gasteiger partial charge in [0.15, 0.2) is 12.6 Å². The highest BCUT2D eigenvalue weighted by molar-refractivity contribution is 5.76. The molecule has 12 unspecified atom stereocenters. The van der Waals surface area contributed by atoms with Crippen LogP contribution in [0.15, 0.2) is 36.5 Å². The largest absolute Gasteiger partial charge is 0.394 e. The summed E-state index contributed by atoms with van der Waals surface area (Å²) in [5, 5.41) is 86.1. The molecule has 1 amide bonds. The van der Waals surface area contributed by atoms with E-state index < -0.39 is 86.8 Å². The number of aliphatic hydroxyl groups is 8. The molecule has 0 aromatic rings. The molecule has 2 rings (SSSR count). The van der Waals surface area contributed by atoms with Gasteiger partial charge in [-0.3, -0.25) is 4.79 Å². The predicted octanol–water partition coefficient (Wildman–Crippen LogP) is 3.20. The van der Waals surface area contributed by atoms with Crippen LogP contribution in [0.2, 0.25) is 0 Å². The van der Waals surface area contributed by atoms with E-state index in [1.54, 1.807) is 6.08 Å². The van der Waals surface area contributed by atoms with Crippen LogP contribution in [0.25, 0.3) is 0 Å². The molecule has 0 radical (unpaired) electrons. The third-order valence-corrected chi connectivity index (χ3v) is 10.3. The lowest BCUT2D eigenvalue weighted by atomic mass is 9.97. The summed E-state index contributed by atoms with van der Waals surface area (Å²) < 4.78 is 22.5. The number of carbonyl (C=O) groups excluding carboxylic acids is 1. The standard InChI is InChI=1S/C42H75NO13/c1-3-5-7-9-11-13-14-15-16-18-20-22-24-26-34(47)43-30(31(46)25-23-21-19-17-12-10-8-6-4-2)29-53-41-39(52)37(50)40(33(28-45)55-41)56-42-38(51)36(49)35(48)32(27-44)54-42/h12-14,17,23,25,30-33,35-42,44-46,48-52H,3-11,15-16,18-22,24,26-29H2,1-2H3,(H,43,47)/b14-13-,17-12+,25-23+. The normalized spacial score (nSPS) is 29.8. The Labute approximate surface area is 334 Å². The number of hydrogen-bond donors (Lipinski definition) is 9. The molecule has 0 bridgehead atoms. The molecular weight excluding hydrogens is 726 g/mol. The SMILES string of the molecule is CCCCC/C=C/CC/C=C/C(O)C(COC1OC(CO)C(OC2OC(CO)C(O)C(O)C2O)C(O)C1O)NC(=O)CCCCCCC/C=C\CCCCCC. The number of allylic oxidation sites excluding steroid dienone is 5. The van der Waals surface area contributed by atoms with Crippen molar-refractivity contribution in [2.75, 3.05) is 19.8 Å². The summed E-state index contributed by atoms with van der Waals surface area (Å²) in [5.41, 5.74) is 0. The Morgan fingerprint density at radius 3 is 1.79 bits per heavy atom. The van der Waals surface area contributed by atoms with Gasteiger partial charge in [-0.2, -0.15) is 0 Å². The fraction of sp³-hybridized carbons (Fsp3) is 0.833. The van der Waals surface area contributed by atoms with Gasteiger partial charge in [0.1, 0.15) is 48.8 Å². The second-order valence-electron chi connectivity index (χ2n) is 15.1. The van der Waals surface area contributed by atoms with E-state index in [0.29, 0.717) is 12.8 Å². The topological polar surface area (TPSA) is 228 Å². The van der Waals surface area contributed by atoms with Crippen molar-refractivity contribution in [3.63, 3.8) is 0 Å². The first-order valence-corrected chi connectivity index (χ1v) is 21.2. The molecule has 2 fully saturated rings. The maximum absolute atomic E-state index is 13.0. The number of hydrogen-bond acceptors (Lipinski definition) is 13. The second kappa shape index (κ2) is 30.3. The molecule has 56 heavy (non-hydrogen) atoms. The minimum atomic E-state index is -1.79. The van der Waals surface area contributed by atoms with Gasteiger partial charge in [0.05, 0.1) is 32.0 Å². The quantitative estimate of drug-likeness (QED) is 0.0376. The number of carbonyl (C=O) groups is 1. The van der Waals surface area contributed by atoms with Gasteiger partial charge >= 0.3 is 0 Å². The average Bonchev–Trinajstić information content (AvgIpc) is 3.19. The van der Waals surface area contributed by atoms with E-state index in [-0.39, 0.29) is 18.9 Å². The molecule has 2 aliphatic heterocycles.